The van der Waals surface area contributed by atoms with Gasteiger partial charge in [-0.2, -0.15) is 0 Å². The summed E-state index contributed by atoms with van der Waals surface area (Å²) in [5.41, 5.74) is 1.90. The highest BCUT2D eigenvalue weighted by Crippen LogP contribution is 2.17. The molecule has 1 amide bonds. The summed E-state index contributed by atoms with van der Waals surface area (Å²) in [7, 11) is 0. The second-order valence-electron chi connectivity index (χ2n) is 4.86. The van der Waals surface area contributed by atoms with Crippen LogP contribution < -0.4 is 16.0 Å². The molecule has 3 N–H and O–H groups in total. The molecule has 19 heavy (non-hydrogen) atoms. The molecule has 4 nitrogen and oxygen atoms in total. The molecule has 106 valence electrons. The van der Waals surface area contributed by atoms with Gasteiger partial charge in [0.2, 0.25) is 5.91 Å². The molecule has 2 rings (SSSR count). The highest BCUT2D eigenvalue weighted by molar-refractivity contribution is 5.89. The quantitative estimate of drug-likeness (QED) is 0.796. The molecular weight excluding hydrogens is 262 g/mol. The van der Waals surface area contributed by atoms with Crippen LogP contribution in [0.25, 0.3) is 0 Å². The Morgan fingerprint density at radius 3 is 2.89 bits per heavy atom. The Bertz CT molecular complexity index is 405. The monoisotopic (exact) mass is 283 g/mol. The molecule has 0 radical (unpaired) electrons. The van der Waals surface area contributed by atoms with Gasteiger partial charge in [0, 0.05) is 24.8 Å². The van der Waals surface area contributed by atoms with Crippen LogP contribution in [-0.2, 0) is 4.79 Å². The number of carbonyl (C=O) groups is 1. The van der Waals surface area contributed by atoms with Crippen molar-refractivity contribution in [1.82, 2.24) is 5.32 Å². The normalized spacial score (nSPS) is 18.3. The summed E-state index contributed by atoms with van der Waals surface area (Å²) in [5, 5.41) is 9.64. The summed E-state index contributed by atoms with van der Waals surface area (Å²) in [6.45, 7) is 4.75. The third kappa shape index (κ3) is 5.49. The van der Waals surface area contributed by atoms with Crippen LogP contribution in [0, 0.1) is 5.92 Å². The van der Waals surface area contributed by atoms with Gasteiger partial charge in [-0.25, -0.2) is 0 Å². The summed E-state index contributed by atoms with van der Waals surface area (Å²) in [4.78, 5) is 11.0. The largest absolute Gasteiger partial charge is 0.385 e. The Morgan fingerprint density at radius 2 is 2.21 bits per heavy atom. The van der Waals surface area contributed by atoms with Crippen LogP contribution in [0.4, 0.5) is 11.4 Å². The fourth-order valence-electron chi connectivity index (χ4n) is 2.27. The van der Waals surface area contributed by atoms with Gasteiger partial charge in [-0.3, -0.25) is 4.79 Å². The van der Waals surface area contributed by atoms with E-state index in [1.165, 1.54) is 19.8 Å². The fourth-order valence-corrected chi connectivity index (χ4v) is 2.27. The number of piperidine rings is 1. The van der Waals surface area contributed by atoms with Gasteiger partial charge in [0.1, 0.15) is 0 Å². The van der Waals surface area contributed by atoms with E-state index in [9.17, 15) is 4.79 Å². The molecule has 1 saturated heterocycles. The van der Waals surface area contributed by atoms with Crippen molar-refractivity contribution in [2.45, 2.75) is 19.8 Å². The molecule has 5 heteroatoms. The van der Waals surface area contributed by atoms with Gasteiger partial charge >= 0.3 is 0 Å². The lowest BCUT2D eigenvalue weighted by Crippen LogP contribution is -2.33. The van der Waals surface area contributed by atoms with E-state index >= 15 is 0 Å². The summed E-state index contributed by atoms with van der Waals surface area (Å²) in [6.07, 6.45) is 2.55. The van der Waals surface area contributed by atoms with E-state index in [0.29, 0.717) is 5.92 Å². The first-order valence-corrected chi connectivity index (χ1v) is 6.56. The Balaban J connectivity index is 0.00000180. The second kappa shape index (κ2) is 8.02. The van der Waals surface area contributed by atoms with Gasteiger partial charge in [0.05, 0.1) is 0 Å². The van der Waals surface area contributed by atoms with Crippen LogP contribution in [0.5, 0.6) is 0 Å². The van der Waals surface area contributed by atoms with Gasteiger partial charge in [-0.15, -0.1) is 12.4 Å². The third-order valence-electron chi connectivity index (χ3n) is 3.18. The third-order valence-corrected chi connectivity index (χ3v) is 3.18. The average Bonchev–Trinajstić information content (AvgIpc) is 2.37. The minimum atomic E-state index is -0.0383. The van der Waals surface area contributed by atoms with Crippen LogP contribution in [0.1, 0.15) is 19.8 Å². The zero-order valence-corrected chi connectivity index (χ0v) is 12.1. The van der Waals surface area contributed by atoms with Crippen LogP contribution >= 0.6 is 12.4 Å². The first kappa shape index (κ1) is 15.8. The molecule has 0 aliphatic carbocycles. The summed E-state index contributed by atoms with van der Waals surface area (Å²) in [5.74, 6) is 0.659. The minimum absolute atomic E-state index is 0. The number of carbonyl (C=O) groups excluding carboxylic acids is 1. The maximum atomic E-state index is 11.0. The SMILES string of the molecule is CC(=O)Nc1cccc(NCC2CCCNC2)c1.Cl. The molecule has 1 aromatic carbocycles. The lowest BCUT2D eigenvalue weighted by atomic mass is 10.00. The molecule has 0 aromatic heterocycles. The molecule has 0 saturated carbocycles. The lowest BCUT2D eigenvalue weighted by Gasteiger charge is -2.23. The highest BCUT2D eigenvalue weighted by atomic mass is 35.5. The van der Waals surface area contributed by atoms with Gasteiger partial charge in [-0.05, 0) is 50.0 Å². The zero-order chi connectivity index (χ0) is 12.8. The van der Waals surface area contributed by atoms with Crippen molar-refractivity contribution in [2.75, 3.05) is 30.3 Å². The average molecular weight is 284 g/mol. The summed E-state index contributed by atoms with van der Waals surface area (Å²) in [6, 6.07) is 7.85. The van der Waals surface area contributed by atoms with E-state index in [-0.39, 0.29) is 18.3 Å². The number of amides is 1. The van der Waals surface area contributed by atoms with Gasteiger partial charge in [0.25, 0.3) is 0 Å². The molecule has 1 fully saturated rings. The molecule has 0 spiro atoms. The predicted molar refractivity (Wildman–Crippen MR) is 82.1 cm³/mol. The predicted octanol–water partition coefficient (Wildman–Crippen LogP) is 2.48. The van der Waals surface area contributed by atoms with Crippen molar-refractivity contribution in [3.63, 3.8) is 0 Å². The number of hydrogen-bond acceptors (Lipinski definition) is 3. The molecule has 1 aliphatic rings. The van der Waals surface area contributed by atoms with Gasteiger partial charge in [-0.1, -0.05) is 6.07 Å². The van der Waals surface area contributed by atoms with Crippen molar-refractivity contribution in [1.29, 1.82) is 0 Å². The van der Waals surface area contributed by atoms with Gasteiger partial charge in [0.15, 0.2) is 0 Å². The Hall–Kier alpha value is -1.26. The van der Waals surface area contributed by atoms with E-state index < -0.39 is 0 Å². The smallest absolute Gasteiger partial charge is 0.221 e. The number of benzene rings is 1. The standard InChI is InChI=1S/C14H21N3O.ClH/c1-11(18)17-14-6-2-5-13(8-14)16-10-12-4-3-7-15-9-12;/h2,5-6,8,12,15-16H,3-4,7,9-10H2,1H3,(H,17,18);1H. The van der Waals surface area contributed by atoms with Crippen LogP contribution in [-0.4, -0.2) is 25.5 Å². The number of rotatable bonds is 4. The first-order valence-electron chi connectivity index (χ1n) is 6.56. The molecule has 1 unspecified atom stereocenters. The number of halogens is 1. The maximum absolute atomic E-state index is 11.0. The summed E-state index contributed by atoms with van der Waals surface area (Å²) < 4.78 is 0. The van der Waals surface area contributed by atoms with Crippen LogP contribution in [0.2, 0.25) is 0 Å². The lowest BCUT2D eigenvalue weighted by molar-refractivity contribution is -0.114. The number of hydrogen-bond donors (Lipinski definition) is 3. The Morgan fingerprint density at radius 1 is 1.42 bits per heavy atom. The highest BCUT2D eigenvalue weighted by Gasteiger charge is 2.12. The molecule has 1 aliphatic heterocycles. The first-order chi connectivity index (χ1) is 8.74. The molecule has 1 heterocycles. The molecule has 1 atom stereocenters. The fraction of sp³-hybridized carbons (Fsp3) is 0.500. The maximum Gasteiger partial charge on any atom is 0.221 e. The Kier molecular flexibility index (Phi) is 6.67. The second-order valence-corrected chi connectivity index (χ2v) is 4.86. The summed E-state index contributed by atoms with van der Waals surface area (Å²) >= 11 is 0. The van der Waals surface area contributed by atoms with E-state index in [2.05, 4.69) is 16.0 Å². The molecule has 0 bridgehead atoms. The van der Waals surface area contributed by atoms with Crippen molar-refractivity contribution in [3.8, 4) is 0 Å². The Labute approximate surface area is 120 Å². The number of nitrogens with one attached hydrogen (secondary N) is 3. The van der Waals surface area contributed by atoms with Crippen LogP contribution in [0.15, 0.2) is 24.3 Å². The van der Waals surface area contributed by atoms with Crippen molar-refractivity contribution < 1.29 is 4.79 Å². The number of anilines is 2. The van der Waals surface area contributed by atoms with E-state index in [4.69, 9.17) is 0 Å². The zero-order valence-electron chi connectivity index (χ0n) is 11.2. The van der Waals surface area contributed by atoms with Crippen molar-refractivity contribution in [2.24, 2.45) is 5.92 Å². The van der Waals surface area contributed by atoms with Crippen molar-refractivity contribution >= 4 is 29.7 Å². The van der Waals surface area contributed by atoms with E-state index in [0.717, 1.165) is 31.0 Å². The van der Waals surface area contributed by atoms with E-state index in [1.54, 1.807) is 0 Å². The van der Waals surface area contributed by atoms with Gasteiger partial charge < -0.3 is 16.0 Å². The van der Waals surface area contributed by atoms with Crippen molar-refractivity contribution in [3.05, 3.63) is 24.3 Å². The molecule has 1 aromatic rings. The molecular formula is C14H22ClN3O. The minimum Gasteiger partial charge on any atom is -0.385 e. The van der Waals surface area contributed by atoms with E-state index in [1.807, 2.05) is 24.3 Å². The van der Waals surface area contributed by atoms with Crippen LogP contribution in [0.3, 0.4) is 0 Å². The topological polar surface area (TPSA) is 53.2 Å².